The van der Waals surface area contributed by atoms with Gasteiger partial charge in [0, 0.05) is 30.9 Å². The molecule has 0 aliphatic rings. The maximum absolute atomic E-state index is 12.6. The van der Waals surface area contributed by atoms with Crippen LogP contribution in [0.1, 0.15) is 25.2 Å². The number of hydrazine groups is 1. The molecule has 0 saturated heterocycles. The number of nitro benzene ring substituents is 1. The lowest BCUT2D eigenvalue weighted by Crippen LogP contribution is -2.40. The van der Waals surface area contributed by atoms with Crippen molar-refractivity contribution in [3.8, 4) is 6.07 Å². The highest BCUT2D eigenvalue weighted by Gasteiger charge is 2.17. The molecule has 0 atom stereocenters. The van der Waals surface area contributed by atoms with Crippen molar-refractivity contribution in [3.05, 3.63) is 58.0 Å². The number of hydrogen-bond acceptors (Lipinski definition) is 7. The number of carbonyl (C=O) groups is 1. The number of nitro groups is 1. The molecule has 26 heavy (non-hydrogen) atoms. The average molecular weight is 354 g/mol. The summed E-state index contributed by atoms with van der Waals surface area (Å²) < 4.78 is 0. The van der Waals surface area contributed by atoms with Crippen molar-refractivity contribution in [1.82, 2.24) is 15.0 Å². The molecule has 0 saturated carbocycles. The van der Waals surface area contributed by atoms with Crippen LogP contribution in [0.15, 0.2) is 36.5 Å². The molecule has 0 spiro atoms. The number of aromatic nitrogens is 2. The molecule has 134 valence electrons. The van der Waals surface area contributed by atoms with Gasteiger partial charge in [-0.05, 0) is 11.5 Å². The summed E-state index contributed by atoms with van der Waals surface area (Å²) in [4.78, 5) is 30.7. The first-order valence-corrected chi connectivity index (χ1v) is 7.92. The number of nitriles is 1. The summed E-state index contributed by atoms with van der Waals surface area (Å²) in [6, 6.07) is 9.26. The zero-order valence-corrected chi connectivity index (χ0v) is 14.4. The van der Waals surface area contributed by atoms with Gasteiger partial charge >= 0.3 is 0 Å². The van der Waals surface area contributed by atoms with Crippen molar-refractivity contribution < 1.29 is 9.72 Å². The molecule has 0 fully saturated rings. The summed E-state index contributed by atoms with van der Waals surface area (Å²) in [5.74, 6) is 0.321. The van der Waals surface area contributed by atoms with Gasteiger partial charge in [0.2, 0.25) is 11.7 Å². The van der Waals surface area contributed by atoms with Crippen molar-refractivity contribution in [2.24, 2.45) is 5.92 Å². The van der Waals surface area contributed by atoms with Crippen LogP contribution in [-0.4, -0.2) is 32.4 Å². The Bertz CT molecular complexity index is 829. The van der Waals surface area contributed by atoms with E-state index < -0.39 is 4.92 Å². The van der Waals surface area contributed by atoms with Gasteiger partial charge in [-0.1, -0.05) is 26.0 Å². The minimum atomic E-state index is -0.486. The highest BCUT2D eigenvalue weighted by atomic mass is 16.6. The first-order chi connectivity index (χ1) is 12.4. The molecule has 9 heteroatoms. The first kappa shape index (κ1) is 18.8. The van der Waals surface area contributed by atoms with E-state index in [9.17, 15) is 14.9 Å². The Morgan fingerprint density at radius 1 is 1.35 bits per heavy atom. The van der Waals surface area contributed by atoms with Crippen molar-refractivity contribution in [3.63, 3.8) is 0 Å². The SMILES string of the molecule is CC(C)CN(Nc1ccnc(C#N)n1)C(=O)Cc1ccc([N+](=O)[O-])cc1. The zero-order valence-electron chi connectivity index (χ0n) is 14.4. The fourth-order valence-corrected chi connectivity index (χ4v) is 2.19. The number of nitrogens with zero attached hydrogens (tertiary/aromatic N) is 5. The predicted octanol–water partition coefficient (Wildman–Crippen LogP) is 2.31. The van der Waals surface area contributed by atoms with Crippen molar-refractivity contribution in [2.45, 2.75) is 20.3 Å². The number of hydrogen-bond donors (Lipinski definition) is 1. The van der Waals surface area contributed by atoms with Crippen LogP contribution in [-0.2, 0) is 11.2 Å². The van der Waals surface area contributed by atoms with Crippen LogP contribution in [0.25, 0.3) is 0 Å². The van der Waals surface area contributed by atoms with Gasteiger partial charge in [0.15, 0.2) is 0 Å². The van der Waals surface area contributed by atoms with Crippen LogP contribution in [0.4, 0.5) is 11.5 Å². The van der Waals surface area contributed by atoms with Crippen molar-refractivity contribution in [2.75, 3.05) is 12.0 Å². The number of amides is 1. The second-order valence-electron chi connectivity index (χ2n) is 5.99. The lowest BCUT2D eigenvalue weighted by atomic mass is 10.1. The molecule has 0 aliphatic heterocycles. The fourth-order valence-electron chi connectivity index (χ4n) is 2.19. The van der Waals surface area contributed by atoms with E-state index >= 15 is 0 Å². The van der Waals surface area contributed by atoms with Crippen LogP contribution >= 0.6 is 0 Å². The molecule has 1 aromatic heterocycles. The predicted molar refractivity (Wildman–Crippen MR) is 93.7 cm³/mol. The molecule has 1 aromatic carbocycles. The average Bonchev–Trinajstić information content (AvgIpc) is 2.61. The van der Waals surface area contributed by atoms with E-state index in [0.717, 1.165) is 0 Å². The number of nitrogens with one attached hydrogen (secondary N) is 1. The summed E-state index contributed by atoms with van der Waals surface area (Å²) in [6.45, 7) is 4.36. The maximum atomic E-state index is 12.6. The third kappa shape index (κ3) is 5.24. The Balaban J connectivity index is 2.13. The smallest absolute Gasteiger partial charge is 0.269 e. The zero-order chi connectivity index (χ0) is 19.1. The van der Waals surface area contributed by atoms with E-state index in [4.69, 9.17) is 5.26 Å². The van der Waals surface area contributed by atoms with E-state index in [2.05, 4.69) is 15.4 Å². The second kappa shape index (κ2) is 8.53. The molecular weight excluding hydrogens is 336 g/mol. The highest BCUT2D eigenvalue weighted by Crippen LogP contribution is 2.14. The monoisotopic (exact) mass is 354 g/mol. The third-order valence-corrected chi connectivity index (χ3v) is 3.36. The molecule has 0 unspecified atom stereocenters. The van der Waals surface area contributed by atoms with Gasteiger partial charge in [-0.25, -0.2) is 9.97 Å². The van der Waals surface area contributed by atoms with E-state index in [1.165, 1.54) is 23.3 Å². The van der Waals surface area contributed by atoms with Gasteiger partial charge in [-0.15, -0.1) is 0 Å². The van der Waals surface area contributed by atoms with Crippen LogP contribution in [0, 0.1) is 27.4 Å². The molecule has 1 N–H and O–H groups in total. The largest absolute Gasteiger partial charge is 0.279 e. The van der Waals surface area contributed by atoms with Crippen LogP contribution in [0.3, 0.4) is 0 Å². The van der Waals surface area contributed by atoms with Gasteiger partial charge in [0.1, 0.15) is 11.9 Å². The standard InChI is InChI=1S/C17H18N6O3/c1-12(2)11-22(21-15-7-8-19-16(10-18)20-15)17(24)9-13-3-5-14(6-4-13)23(25)26/h3-8,12H,9,11H2,1-2H3,(H,19,20,21). The van der Waals surface area contributed by atoms with Crippen LogP contribution in [0.2, 0.25) is 0 Å². The minimum absolute atomic E-state index is 0.00214. The molecule has 0 bridgehead atoms. The van der Waals surface area contributed by atoms with Gasteiger partial charge in [0.05, 0.1) is 11.3 Å². The molecule has 1 amide bonds. The van der Waals surface area contributed by atoms with Gasteiger partial charge < -0.3 is 0 Å². The molecule has 0 aliphatic carbocycles. The summed E-state index contributed by atoms with van der Waals surface area (Å²) in [6.07, 6.45) is 1.51. The van der Waals surface area contributed by atoms with E-state index in [0.29, 0.717) is 17.9 Å². The summed E-state index contributed by atoms with van der Waals surface area (Å²) in [7, 11) is 0. The van der Waals surface area contributed by atoms with E-state index in [1.807, 2.05) is 19.9 Å². The van der Waals surface area contributed by atoms with Gasteiger partial charge in [-0.2, -0.15) is 5.26 Å². The Morgan fingerprint density at radius 2 is 2.04 bits per heavy atom. The summed E-state index contributed by atoms with van der Waals surface area (Å²) in [5, 5.41) is 21.0. The Kier molecular flexibility index (Phi) is 6.16. The molecule has 9 nitrogen and oxygen atoms in total. The van der Waals surface area contributed by atoms with Gasteiger partial charge in [-0.3, -0.25) is 25.3 Å². The number of non-ortho nitro benzene ring substituents is 1. The van der Waals surface area contributed by atoms with E-state index in [-0.39, 0.29) is 29.8 Å². The summed E-state index contributed by atoms with van der Waals surface area (Å²) in [5.41, 5.74) is 3.55. The summed E-state index contributed by atoms with van der Waals surface area (Å²) >= 11 is 0. The minimum Gasteiger partial charge on any atom is -0.279 e. The highest BCUT2D eigenvalue weighted by molar-refractivity contribution is 5.80. The Hall–Kier alpha value is -3.54. The number of rotatable bonds is 7. The number of benzene rings is 1. The van der Waals surface area contributed by atoms with Gasteiger partial charge in [0.25, 0.3) is 5.69 Å². The maximum Gasteiger partial charge on any atom is 0.269 e. The Labute approximate surface area is 150 Å². The molecule has 2 rings (SSSR count). The Morgan fingerprint density at radius 3 is 2.62 bits per heavy atom. The molecule has 1 heterocycles. The normalized spacial score (nSPS) is 10.2. The van der Waals surface area contributed by atoms with Crippen LogP contribution in [0.5, 0.6) is 0 Å². The molecular formula is C17H18N6O3. The number of carbonyl (C=O) groups excluding carboxylic acids is 1. The lowest BCUT2D eigenvalue weighted by Gasteiger charge is -2.25. The molecule has 2 aromatic rings. The lowest BCUT2D eigenvalue weighted by molar-refractivity contribution is -0.384. The van der Waals surface area contributed by atoms with E-state index in [1.54, 1.807) is 18.2 Å². The van der Waals surface area contributed by atoms with Crippen LogP contribution < -0.4 is 5.43 Å². The quantitative estimate of drug-likeness (QED) is 0.597. The van der Waals surface area contributed by atoms with Crippen molar-refractivity contribution in [1.29, 1.82) is 5.26 Å². The number of anilines is 1. The molecule has 0 radical (unpaired) electrons. The fraction of sp³-hybridized carbons (Fsp3) is 0.294. The topological polar surface area (TPSA) is 125 Å². The van der Waals surface area contributed by atoms with Crippen molar-refractivity contribution >= 4 is 17.4 Å². The third-order valence-electron chi connectivity index (χ3n) is 3.36. The second-order valence-corrected chi connectivity index (χ2v) is 5.99. The first-order valence-electron chi connectivity index (χ1n) is 7.92.